The zero-order chi connectivity index (χ0) is 13.7. The number of nitrogens with one attached hydrogen (secondary N) is 2. The van der Waals surface area contributed by atoms with Crippen LogP contribution in [0.2, 0.25) is 0 Å². The second-order valence-corrected chi connectivity index (χ2v) is 5.99. The van der Waals surface area contributed by atoms with Crippen LogP contribution in [0.1, 0.15) is 15.9 Å². The molecule has 0 spiro atoms. The van der Waals surface area contributed by atoms with Gasteiger partial charge in [-0.3, -0.25) is 9.69 Å². The number of hydrogen-bond acceptors (Lipinski definition) is 3. The monoisotopic (exact) mass is 409 g/mol. The summed E-state index contributed by atoms with van der Waals surface area (Å²) in [5.41, 5.74) is 1.90. The van der Waals surface area contributed by atoms with Crippen LogP contribution in [0.5, 0.6) is 0 Å². The van der Waals surface area contributed by atoms with E-state index in [0.29, 0.717) is 6.54 Å². The quantitative estimate of drug-likeness (QED) is 0.744. The Morgan fingerprint density at radius 3 is 2.80 bits per heavy atom. The normalized spacial score (nSPS) is 15.5. The summed E-state index contributed by atoms with van der Waals surface area (Å²) >= 11 is 2.21. The molecule has 1 aliphatic heterocycles. The molecule has 1 fully saturated rings. The van der Waals surface area contributed by atoms with Gasteiger partial charge in [-0.2, -0.15) is 0 Å². The maximum atomic E-state index is 12.1. The molecule has 20 heavy (non-hydrogen) atoms. The molecule has 112 valence electrons. The minimum atomic E-state index is 0. The zero-order valence-electron chi connectivity index (χ0n) is 11.6. The number of carbonyl (C=O) groups is 1. The van der Waals surface area contributed by atoms with Crippen LogP contribution in [0.15, 0.2) is 18.2 Å². The third-order valence-corrected chi connectivity index (χ3v) is 4.23. The lowest BCUT2D eigenvalue weighted by atomic mass is 10.1. The molecule has 0 bridgehead atoms. The number of aryl methyl sites for hydroxylation is 1. The standard InChI is InChI=1S/C14H20IN3O.ClH/c1-11-2-3-13(15)12(10-11)14(19)17-6-9-18-7-4-16-5-8-18;/h2-3,10,16H,4-9H2,1H3,(H,17,19);1H. The molecule has 6 heteroatoms. The SMILES string of the molecule is Cc1ccc(I)c(C(=O)NCCN2CCNCC2)c1.Cl. The van der Waals surface area contributed by atoms with Gasteiger partial charge in [0.05, 0.1) is 5.56 Å². The summed E-state index contributed by atoms with van der Waals surface area (Å²) in [5, 5.41) is 6.33. The van der Waals surface area contributed by atoms with Crippen LogP contribution in [0, 0.1) is 10.5 Å². The molecule has 0 unspecified atom stereocenters. The fourth-order valence-corrected chi connectivity index (χ4v) is 2.75. The molecule has 2 rings (SSSR count). The summed E-state index contributed by atoms with van der Waals surface area (Å²) in [4.78, 5) is 14.5. The lowest BCUT2D eigenvalue weighted by Gasteiger charge is -2.27. The third kappa shape index (κ3) is 5.20. The molecule has 0 aliphatic carbocycles. The van der Waals surface area contributed by atoms with Gasteiger partial charge in [-0.05, 0) is 41.6 Å². The highest BCUT2D eigenvalue weighted by atomic mass is 127. The predicted molar refractivity (Wildman–Crippen MR) is 92.8 cm³/mol. The molecule has 0 saturated carbocycles. The Bertz CT molecular complexity index is 450. The fraction of sp³-hybridized carbons (Fsp3) is 0.500. The smallest absolute Gasteiger partial charge is 0.252 e. The van der Waals surface area contributed by atoms with E-state index in [1.165, 1.54) is 0 Å². The van der Waals surface area contributed by atoms with Crippen LogP contribution >= 0.6 is 35.0 Å². The van der Waals surface area contributed by atoms with Gasteiger partial charge in [0, 0.05) is 42.8 Å². The molecule has 2 N–H and O–H groups in total. The summed E-state index contributed by atoms with van der Waals surface area (Å²) in [5.74, 6) is 0.0308. The number of piperazine rings is 1. The number of carbonyl (C=O) groups excluding carboxylic acids is 1. The van der Waals surface area contributed by atoms with Crippen LogP contribution < -0.4 is 10.6 Å². The molecule has 1 aromatic carbocycles. The molecule has 1 heterocycles. The van der Waals surface area contributed by atoms with E-state index in [1.54, 1.807) is 0 Å². The molecule has 1 aromatic rings. The number of benzene rings is 1. The molecule has 1 amide bonds. The van der Waals surface area contributed by atoms with Crippen molar-refractivity contribution in [2.75, 3.05) is 39.3 Å². The molecule has 0 aromatic heterocycles. The molecule has 0 atom stereocenters. The molecule has 4 nitrogen and oxygen atoms in total. The summed E-state index contributed by atoms with van der Waals surface area (Å²) in [6.45, 7) is 7.87. The van der Waals surface area contributed by atoms with E-state index < -0.39 is 0 Å². The number of nitrogens with zero attached hydrogens (tertiary/aromatic N) is 1. The van der Waals surface area contributed by atoms with Gasteiger partial charge in [0.2, 0.25) is 0 Å². The Balaban J connectivity index is 0.00000200. The van der Waals surface area contributed by atoms with Crippen molar-refractivity contribution in [2.45, 2.75) is 6.92 Å². The maximum absolute atomic E-state index is 12.1. The zero-order valence-corrected chi connectivity index (χ0v) is 14.6. The van der Waals surface area contributed by atoms with Gasteiger partial charge in [0.25, 0.3) is 5.91 Å². The van der Waals surface area contributed by atoms with Crippen LogP contribution in [0.4, 0.5) is 0 Å². The first kappa shape index (κ1) is 17.7. The van der Waals surface area contributed by atoms with Crippen molar-refractivity contribution in [3.63, 3.8) is 0 Å². The van der Waals surface area contributed by atoms with E-state index >= 15 is 0 Å². The first-order valence-corrected chi connectivity index (χ1v) is 7.72. The highest BCUT2D eigenvalue weighted by Gasteiger charge is 2.12. The minimum Gasteiger partial charge on any atom is -0.351 e. The highest BCUT2D eigenvalue weighted by Crippen LogP contribution is 2.13. The van der Waals surface area contributed by atoms with Crippen molar-refractivity contribution >= 4 is 40.9 Å². The van der Waals surface area contributed by atoms with Gasteiger partial charge in [-0.1, -0.05) is 11.6 Å². The summed E-state index contributed by atoms with van der Waals surface area (Å²) < 4.78 is 1.00. The van der Waals surface area contributed by atoms with Gasteiger partial charge in [0.15, 0.2) is 0 Å². The van der Waals surface area contributed by atoms with Crippen molar-refractivity contribution < 1.29 is 4.79 Å². The van der Waals surface area contributed by atoms with E-state index in [-0.39, 0.29) is 18.3 Å². The Hall–Kier alpha value is -0.370. The second-order valence-electron chi connectivity index (χ2n) is 4.83. The molecular formula is C14H21ClIN3O. The van der Waals surface area contributed by atoms with E-state index in [9.17, 15) is 4.79 Å². The van der Waals surface area contributed by atoms with Gasteiger partial charge >= 0.3 is 0 Å². The summed E-state index contributed by atoms with van der Waals surface area (Å²) in [6, 6.07) is 5.96. The van der Waals surface area contributed by atoms with Crippen LogP contribution in [0.25, 0.3) is 0 Å². The molecule has 0 radical (unpaired) electrons. The summed E-state index contributed by atoms with van der Waals surface area (Å²) in [6.07, 6.45) is 0. The van der Waals surface area contributed by atoms with Gasteiger partial charge in [0.1, 0.15) is 0 Å². The van der Waals surface area contributed by atoms with Crippen molar-refractivity contribution in [2.24, 2.45) is 0 Å². The Morgan fingerprint density at radius 1 is 1.40 bits per heavy atom. The maximum Gasteiger partial charge on any atom is 0.252 e. The van der Waals surface area contributed by atoms with Crippen molar-refractivity contribution in [1.82, 2.24) is 15.5 Å². The predicted octanol–water partition coefficient (Wildman–Crippen LogP) is 1.66. The second kappa shape index (κ2) is 8.81. The lowest BCUT2D eigenvalue weighted by Crippen LogP contribution is -2.46. The van der Waals surface area contributed by atoms with E-state index in [1.807, 2.05) is 25.1 Å². The number of halogens is 2. The topological polar surface area (TPSA) is 44.4 Å². The number of amides is 1. The van der Waals surface area contributed by atoms with Gasteiger partial charge in [-0.15, -0.1) is 12.4 Å². The third-order valence-electron chi connectivity index (χ3n) is 3.29. The Labute approximate surface area is 140 Å². The summed E-state index contributed by atoms with van der Waals surface area (Å²) in [7, 11) is 0. The Morgan fingerprint density at radius 2 is 2.10 bits per heavy atom. The van der Waals surface area contributed by atoms with Crippen molar-refractivity contribution in [1.29, 1.82) is 0 Å². The van der Waals surface area contributed by atoms with Crippen molar-refractivity contribution in [3.8, 4) is 0 Å². The molecular weight excluding hydrogens is 389 g/mol. The average molecular weight is 410 g/mol. The Kier molecular flexibility index (Phi) is 7.79. The first-order valence-electron chi connectivity index (χ1n) is 6.64. The largest absolute Gasteiger partial charge is 0.351 e. The van der Waals surface area contributed by atoms with E-state index in [2.05, 4.69) is 38.1 Å². The fourth-order valence-electron chi connectivity index (χ4n) is 2.17. The van der Waals surface area contributed by atoms with E-state index in [4.69, 9.17) is 0 Å². The minimum absolute atomic E-state index is 0. The number of hydrogen-bond donors (Lipinski definition) is 2. The average Bonchev–Trinajstić information content (AvgIpc) is 2.42. The van der Waals surface area contributed by atoms with Crippen molar-refractivity contribution in [3.05, 3.63) is 32.9 Å². The lowest BCUT2D eigenvalue weighted by molar-refractivity contribution is 0.0946. The molecule has 1 aliphatic rings. The van der Waals surface area contributed by atoms with Crippen LogP contribution in [0.3, 0.4) is 0 Å². The van der Waals surface area contributed by atoms with E-state index in [0.717, 1.165) is 47.4 Å². The van der Waals surface area contributed by atoms with Gasteiger partial charge < -0.3 is 10.6 Å². The highest BCUT2D eigenvalue weighted by molar-refractivity contribution is 14.1. The van der Waals surface area contributed by atoms with Gasteiger partial charge in [-0.25, -0.2) is 0 Å². The molecule has 1 saturated heterocycles. The van der Waals surface area contributed by atoms with Crippen LogP contribution in [-0.4, -0.2) is 50.1 Å². The number of rotatable bonds is 4. The van der Waals surface area contributed by atoms with Crippen LogP contribution in [-0.2, 0) is 0 Å². The first-order chi connectivity index (χ1) is 9.16.